The van der Waals surface area contributed by atoms with Crippen LogP contribution in [0.1, 0.15) is 37.2 Å². The Kier molecular flexibility index (Phi) is 3.53. The fourth-order valence-corrected chi connectivity index (χ4v) is 4.37. The predicted molar refractivity (Wildman–Crippen MR) is 79.8 cm³/mol. The van der Waals surface area contributed by atoms with Crippen molar-refractivity contribution in [3.8, 4) is 5.75 Å². The van der Waals surface area contributed by atoms with Gasteiger partial charge in [0.25, 0.3) is 0 Å². The SMILES string of the molecule is COC(=O)C1CC2(C1)CC(c1ccc(OC)c(Br)c1)C2. The molecule has 2 saturated carbocycles. The first-order valence-corrected chi connectivity index (χ1v) is 7.77. The number of benzene rings is 1. The number of carbonyl (C=O) groups excluding carboxylic acids is 1. The van der Waals surface area contributed by atoms with Crippen LogP contribution in [-0.4, -0.2) is 20.2 Å². The maximum Gasteiger partial charge on any atom is 0.308 e. The van der Waals surface area contributed by atoms with Gasteiger partial charge in [0.15, 0.2) is 0 Å². The second kappa shape index (κ2) is 5.06. The Labute approximate surface area is 127 Å². The minimum atomic E-state index is -0.0359. The third kappa shape index (κ3) is 2.24. The van der Waals surface area contributed by atoms with Gasteiger partial charge >= 0.3 is 5.97 Å². The van der Waals surface area contributed by atoms with Crippen LogP contribution in [0.5, 0.6) is 5.75 Å². The van der Waals surface area contributed by atoms with Crippen LogP contribution in [0, 0.1) is 11.3 Å². The molecule has 2 fully saturated rings. The number of methoxy groups -OCH3 is 2. The lowest BCUT2D eigenvalue weighted by Crippen LogP contribution is -2.49. The Balaban J connectivity index is 1.59. The van der Waals surface area contributed by atoms with Gasteiger partial charge in [-0.25, -0.2) is 0 Å². The molecule has 0 amide bonds. The zero-order valence-corrected chi connectivity index (χ0v) is 13.4. The number of halogens is 1. The maximum atomic E-state index is 11.4. The molecule has 0 aromatic heterocycles. The van der Waals surface area contributed by atoms with E-state index < -0.39 is 0 Å². The van der Waals surface area contributed by atoms with Gasteiger partial charge < -0.3 is 9.47 Å². The summed E-state index contributed by atoms with van der Waals surface area (Å²) in [5, 5.41) is 0. The summed E-state index contributed by atoms with van der Waals surface area (Å²) in [6, 6.07) is 6.33. The third-order valence-corrected chi connectivity index (χ3v) is 5.52. The van der Waals surface area contributed by atoms with E-state index >= 15 is 0 Å². The van der Waals surface area contributed by atoms with Crippen LogP contribution in [0.25, 0.3) is 0 Å². The van der Waals surface area contributed by atoms with Crippen molar-refractivity contribution in [3.63, 3.8) is 0 Å². The molecule has 0 N–H and O–H groups in total. The fraction of sp³-hybridized carbons (Fsp3) is 0.562. The Morgan fingerprint density at radius 2 is 1.95 bits per heavy atom. The number of carbonyl (C=O) groups is 1. The lowest BCUT2D eigenvalue weighted by molar-refractivity contribution is -0.159. The first-order valence-electron chi connectivity index (χ1n) is 6.98. The van der Waals surface area contributed by atoms with Gasteiger partial charge in [-0.1, -0.05) is 6.07 Å². The van der Waals surface area contributed by atoms with E-state index in [9.17, 15) is 4.79 Å². The topological polar surface area (TPSA) is 35.5 Å². The maximum absolute atomic E-state index is 11.4. The summed E-state index contributed by atoms with van der Waals surface area (Å²) >= 11 is 3.54. The largest absolute Gasteiger partial charge is 0.496 e. The lowest BCUT2D eigenvalue weighted by Gasteiger charge is -2.57. The van der Waals surface area contributed by atoms with Crippen molar-refractivity contribution in [2.24, 2.45) is 11.3 Å². The summed E-state index contributed by atoms with van der Waals surface area (Å²) in [5.74, 6) is 1.60. The van der Waals surface area contributed by atoms with Crippen molar-refractivity contribution >= 4 is 21.9 Å². The summed E-state index contributed by atoms with van der Waals surface area (Å²) in [7, 11) is 3.16. The van der Waals surface area contributed by atoms with Gasteiger partial charge in [-0.2, -0.15) is 0 Å². The quantitative estimate of drug-likeness (QED) is 0.784. The number of esters is 1. The number of hydrogen-bond acceptors (Lipinski definition) is 3. The van der Waals surface area contributed by atoms with Crippen LogP contribution in [0.3, 0.4) is 0 Å². The molecule has 2 aliphatic rings. The Hall–Kier alpha value is -1.03. The average molecular weight is 339 g/mol. The fourth-order valence-electron chi connectivity index (χ4n) is 3.81. The molecule has 0 aliphatic heterocycles. The average Bonchev–Trinajstić information content (AvgIpc) is 2.35. The monoisotopic (exact) mass is 338 g/mol. The molecule has 3 rings (SSSR count). The standard InChI is InChI=1S/C16H19BrO3/c1-19-14-4-3-10(5-13(14)17)11-6-16(7-11)8-12(9-16)15(18)20-2/h3-5,11-12H,6-9H2,1-2H3. The van der Waals surface area contributed by atoms with E-state index in [2.05, 4.69) is 28.1 Å². The van der Waals surface area contributed by atoms with Gasteiger partial charge in [-0.05, 0) is 70.6 Å². The molecule has 4 heteroatoms. The lowest BCUT2D eigenvalue weighted by atomic mass is 9.47. The van der Waals surface area contributed by atoms with E-state index in [-0.39, 0.29) is 11.9 Å². The third-order valence-electron chi connectivity index (χ3n) is 4.90. The van der Waals surface area contributed by atoms with Crippen molar-refractivity contribution in [2.75, 3.05) is 14.2 Å². The molecular weight excluding hydrogens is 320 g/mol. The van der Waals surface area contributed by atoms with E-state index in [1.165, 1.54) is 25.5 Å². The van der Waals surface area contributed by atoms with Crippen LogP contribution >= 0.6 is 15.9 Å². The number of hydrogen-bond donors (Lipinski definition) is 0. The molecule has 1 aromatic rings. The Morgan fingerprint density at radius 1 is 1.25 bits per heavy atom. The second-order valence-corrected chi connectivity index (χ2v) is 6.98. The zero-order chi connectivity index (χ0) is 14.3. The van der Waals surface area contributed by atoms with E-state index in [1.807, 2.05) is 6.07 Å². The minimum Gasteiger partial charge on any atom is -0.496 e. The van der Waals surface area contributed by atoms with Gasteiger partial charge in [0, 0.05) is 0 Å². The molecule has 20 heavy (non-hydrogen) atoms. The first kappa shape index (κ1) is 13.9. The highest BCUT2D eigenvalue weighted by atomic mass is 79.9. The molecule has 2 aliphatic carbocycles. The number of ether oxygens (including phenoxy) is 2. The highest BCUT2D eigenvalue weighted by Crippen LogP contribution is 2.64. The number of rotatable bonds is 3. The van der Waals surface area contributed by atoms with E-state index in [0.717, 1.165) is 23.1 Å². The van der Waals surface area contributed by atoms with E-state index in [1.54, 1.807) is 7.11 Å². The smallest absolute Gasteiger partial charge is 0.308 e. The highest BCUT2D eigenvalue weighted by molar-refractivity contribution is 9.10. The molecule has 1 aromatic carbocycles. The normalized spacial score (nSPS) is 31.4. The highest BCUT2D eigenvalue weighted by Gasteiger charge is 2.55. The van der Waals surface area contributed by atoms with E-state index in [4.69, 9.17) is 9.47 Å². The van der Waals surface area contributed by atoms with Crippen LogP contribution in [-0.2, 0) is 9.53 Å². The molecular formula is C16H19BrO3. The Morgan fingerprint density at radius 3 is 2.50 bits per heavy atom. The minimum absolute atomic E-state index is 0.0359. The van der Waals surface area contributed by atoms with Crippen LogP contribution < -0.4 is 4.74 Å². The van der Waals surface area contributed by atoms with Crippen molar-refractivity contribution in [3.05, 3.63) is 28.2 Å². The van der Waals surface area contributed by atoms with Crippen molar-refractivity contribution in [2.45, 2.75) is 31.6 Å². The van der Waals surface area contributed by atoms with Crippen molar-refractivity contribution in [1.29, 1.82) is 0 Å². The summed E-state index contributed by atoms with van der Waals surface area (Å²) in [6.07, 6.45) is 4.40. The van der Waals surface area contributed by atoms with Crippen LogP contribution in [0.15, 0.2) is 22.7 Å². The molecule has 0 unspecified atom stereocenters. The molecule has 0 atom stereocenters. The summed E-state index contributed by atoms with van der Waals surface area (Å²) in [6.45, 7) is 0. The van der Waals surface area contributed by atoms with Crippen molar-refractivity contribution < 1.29 is 14.3 Å². The van der Waals surface area contributed by atoms with Crippen LogP contribution in [0.2, 0.25) is 0 Å². The molecule has 0 saturated heterocycles. The van der Waals surface area contributed by atoms with Crippen molar-refractivity contribution in [1.82, 2.24) is 0 Å². The van der Waals surface area contributed by atoms with E-state index in [0.29, 0.717) is 11.3 Å². The van der Waals surface area contributed by atoms with Gasteiger partial charge in [-0.15, -0.1) is 0 Å². The first-order chi connectivity index (χ1) is 9.57. The zero-order valence-electron chi connectivity index (χ0n) is 11.8. The summed E-state index contributed by atoms with van der Waals surface area (Å²) in [5.41, 5.74) is 1.78. The summed E-state index contributed by atoms with van der Waals surface area (Å²) < 4.78 is 11.1. The Bertz CT molecular complexity index is 527. The molecule has 108 valence electrons. The van der Waals surface area contributed by atoms with Gasteiger partial charge in [0.1, 0.15) is 5.75 Å². The summed E-state index contributed by atoms with van der Waals surface area (Å²) in [4.78, 5) is 11.4. The van der Waals surface area contributed by atoms with Gasteiger partial charge in [0.2, 0.25) is 0 Å². The van der Waals surface area contributed by atoms with Crippen LogP contribution in [0.4, 0.5) is 0 Å². The predicted octanol–water partition coefficient (Wildman–Crippen LogP) is 3.90. The van der Waals surface area contributed by atoms with Gasteiger partial charge in [0.05, 0.1) is 24.6 Å². The molecule has 0 bridgehead atoms. The molecule has 1 spiro atoms. The molecule has 0 heterocycles. The molecule has 0 radical (unpaired) electrons. The second-order valence-electron chi connectivity index (χ2n) is 6.13. The molecule has 3 nitrogen and oxygen atoms in total. The van der Waals surface area contributed by atoms with Gasteiger partial charge in [-0.3, -0.25) is 4.79 Å².